The van der Waals surface area contributed by atoms with E-state index >= 15 is 0 Å². The topological polar surface area (TPSA) is 67.1 Å². The summed E-state index contributed by atoms with van der Waals surface area (Å²) in [4.78, 5) is 13.1. The number of nitrogens with one attached hydrogen (secondary N) is 2. The predicted molar refractivity (Wildman–Crippen MR) is 118 cm³/mol. The van der Waals surface area contributed by atoms with Crippen molar-refractivity contribution in [1.82, 2.24) is 25.2 Å². The predicted octanol–water partition coefficient (Wildman–Crippen LogP) is 3.59. The molecule has 2 aromatic heterocycles. The van der Waals surface area contributed by atoms with Gasteiger partial charge in [-0.05, 0) is 43.0 Å². The number of hydrogen-bond donors (Lipinski definition) is 2. The molecule has 0 atom stereocenters. The molecule has 3 rings (SSSR count). The fourth-order valence-electron chi connectivity index (χ4n) is 2.99. The molecule has 1 aromatic carbocycles. The van der Waals surface area contributed by atoms with Crippen LogP contribution in [-0.2, 0) is 19.5 Å². The molecule has 29 heavy (non-hydrogen) atoms. The number of aryl methyl sites for hydroxylation is 1. The van der Waals surface area contributed by atoms with Gasteiger partial charge in [0.25, 0.3) is 0 Å². The monoisotopic (exact) mass is 410 g/mol. The fraction of sp³-hybridized carbons (Fsp3) is 0.318. The number of hydrogen-bond acceptors (Lipinski definition) is 3. The highest BCUT2D eigenvalue weighted by atomic mass is 35.5. The van der Waals surface area contributed by atoms with Crippen LogP contribution in [0, 0.1) is 6.92 Å². The second-order valence-corrected chi connectivity index (χ2v) is 7.17. The molecule has 0 aliphatic rings. The van der Waals surface area contributed by atoms with E-state index in [1.807, 2.05) is 37.6 Å². The summed E-state index contributed by atoms with van der Waals surface area (Å²) in [6.07, 6.45) is 6.50. The van der Waals surface area contributed by atoms with Gasteiger partial charge in [-0.15, -0.1) is 0 Å². The number of aromatic nitrogens is 3. The van der Waals surface area contributed by atoms with Gasteiger partial charge in [0.1, 0.15) is 11.0 Å². The Morgan fingerprint density at radius 1 is 1.10 bits per heavy atom. The minimum absolute atomic E-state index is 0.516. The number of halogens is 1. The average Bonchev–Trinajstić information content (AvgIpc) is 3.12. The van der Waals surface area contributed by atoms with E-state index < -0.39 is 0 Å². The molecule has 0 spiro atoms. The number of guanidine groups is 1. The van der Waals surface area contributed by atoms with Crippen LogP contribution in [0.4, 0.5) is 0 Å². The van der Waals surface area contributed by atoms with Crippen molar-refractivity contribution in [1.29, 1.82) is 0 Å². The quantitative estimate of drug-likeness (QED) is 0.338. The maximum atomic E-state index is 5.83. The number of rotatable bonds is 8. The van der Waals surface area contributed by atoms with Crippen LogP contribution in [-0.4, -0.2) is 33.6 Å². The Morgan fingerprint density at radius 3 is 2.69 bits per heavy atom. The second kappa shape index (κ2) is 10.6. The summed E-state index contributed by atoms with van der Waals surface area (Å²) in [6, 6.07) is 12.3. The molecule has 0 aliphatic carbocycles. The van der Waals surface area contributed by atoms with Gasteiger partial charge in [0.15, 0.2) is 5.96 Å². The van der Waals surface area contributed by atoms with Gasteiger partial charge < -0.3 is 15.2 Å². The number of benzene rings is 1. The molecule has 0 unspecified atom stereocenters. The first-order valence-electron chi connectivity index (χ1n) is 9.82. The molecule has 0 saturated heterocycles. The van der Waals surface area contributed by atoms with Crippen LogP contribution in [0.3, 0.4) is 0 Å². The van der Waals surface area contributed by atoms with E-state index in [4.69, 9.17) is 16.6 Å². The van der Waals surface area contributed by atoms with Gasteiger partial charge in [0, 0.05) is 38.2 Å². The molecule has 0 bridgehead atoms. The van der Waals surface area contributed by atoms with Crippen LogP contribution in [0.1, 0.15) is 29.4 Å². The van der Waals surface area contributed by atoms with Crippen molar-refractivity contribution in [3.8, 4) is 0 Å². The summed E-state index contributed by atoms with van der Waals surface area (Å²) in [5, 5.41) is 7.19. The first kappa shape index (κ1) is 20.9. The van der Waals surface area contributed by atoms with Crippen LogP contribution in [0.15, 0.2) is 60.0 Å². The molecule has 7 heteroatoms. The van der Waals surface area contributed by atoms with Gasteiger partial charge in [0.2, 0.25) is 0 Å². The summed E-state index contributed by atoms with van der Waals surface area (Å²) in [6.45, 7) is 7.10. The molecule has 0 aliphatic heterocycles. The van der Waals surface area contributed by atoms with Gasteiger partial charge in [-0.25, -0.2) is 15.0 Å². The lowest BCUT2D eigenvalue weighted by molar-refractivity contribution is 0.760. The molecule has 0 saturated carbocycles. The third-order valence-electron chi connectivity index (χ3n) is 4.53. The SMILES string of the molecule is CCNC(=NCc1cccc(Cn2ccnc2C)c1)NCCc1ccc(Cl)nc1. The smallest absolute Gasteiger partial charge is 0.191 e. The lowest BCUT2D eigenvalue weighted by Gasteiger charge is -2.12. The summed E-state index contributed by atoms with van der Waals surface area (Å²) >= 11 is 5.83. The fourth-order valence-corrected chi connectivity index (χ4v) is 3.10. The normalized spacial score (nSPS) is 11.5. The maximum absolute atomic E-state index is 5.83. The Hall–Kier alpha value is -2.86. The minimum atomic E-state index is 0.516. The summed E-state index contributed by atoms with van der Waals surface area (Å²) in [5.74, 6) is 1.83. The van der Waals surface area contributed by atoms with E-state index in [2.05, 4.69) is 56.4 Å². The molecule has 6 nitrogen and oxygen atoms in total. The van der Waals surface area contributed by atoms with Crippen molar-refractivity contribution in [2.75, 3.05) is 13.1 Å². The zero-order valence-corrected chi connectivity index (χ0v) is 17.7. The van der Waals surface area contributed by atoms with Crippen LogP contribution in [0.2, 0.25) is 5.15 Å². The van der Waals surface area contributed by atoms with Crippen molar-refractivity contribution in [3.05, 3.63) is 82.7 Å². The minimum Gasteiger partial charge on any atom is -0.357 e. The lowest BCUT2D eigenvalue weighted by Crippen LogP contribution is -2.38. The Kier molecular flexibility index (Phi) is 7.64. The summed E-state index contributed by atoms with van der Waals surface area (Å²) < 4.78 is 2.14. The van der Waals surface area contributed by atoms with Crippen molar-refractivity contribution in [3.63, 3.8) is 0 Å². The molecular weight excluding hydrogens is 384 g/mol. The first-order valence-corrected chi connectivity index (χ1v) is 10.2. The number of imidazole rings is 1. The van der Waals surface area contributed by atoms with E-state index in [0.29, 0.717) is 11.7 Å². The van der Waals surface area contributed by atoms with E-state index in [1.54, 1.807) is 0 Å². The van der Waals surface area contributed by atoms with E-state index in [0.717, 1.165) is 43.4 Å². The number of pyridine rings is 1. The Balaban J connectivity index is 1.57. The largest absolute Gasteiger partial charge is 0.357 e. The van der Waals surface area contributed by atoms with Gasteiger partial charge >= 0.3 is 0 Å². The van der Waals surface area contributed by atoms with Crippen LogP contribution >= 0.6 is 11.6 Å². The highest BCUT2D eigenvalue weighted by molar-refractivity contribution is 6.29. The Bertz CT molecular complexity index is 932. The highest BCUT2D eigenvalue weighted by Crippen LogP contribution is 2.10. The van der Waals surface area contributed by atoms with Gasteiger partial charge in [-0.3, -0.25) is 0 Å². The van der Waals surface area contributed by atoms with Gasteiger partial charge in [-0.2, -0.15) is 0 Å². The lowest BCUT2D eigenvalue weighted by atomic mass is 10.1. The first-order chi connectivity index (χ1) is 14.1. The van der Waals surface area contributed by atoms with Crippen LogP contribution in [0.5, 0.6) is 0 Å². The Labute approximate surface area is 177 Å². The van der Waals surface area contributed by atoms with Crippen molar-refractivity contribution >= 4 is 17.6 Å². The Morgan fingerprint density at radius 2 is 1.97 bits per heavy atom. The van der Waals surface area contributed by atoms with Crippen molar-refractivity contribution in [2.45, 2.75) is 33.4 Å². The zero-order chi connectivity index (χ0) is 20.5. The van der Waals surface area contributed by atoms with E-state index in [-0.39, 0.29) is 0 Å². The summed E-state index contributed by atoms with van der Waals surface area (Å²) in [7, 11) is 0. The van der Waals surface area contributed by atoms with Crippen LogP contribution in [0.25, 0.3) is 0 Å². The third kappa shape index (κ3) is 6.61. The molecule has 0 radical (unpaired) electrons. The number of nitrogens with zero attached hydrogens (tertiary/aromatic N) is 4. The zero-order valence-electron chi connectivity index (χ0n) is 16.9. The van der Waals surface area contributed by atoms with E-state index in [9.17, 15) is 0 Å². The molecule has 3 aromatic rings. The highest BCUT2D eigenvalue weighted by Gasteiger charge is 2.02. The molecule has 2 heterocycles. The van der Waals surface area contributed by atoms with Crippen molar-refractivity contribution < 1.29 is 0 Å². The summed E-state index contributed by atoms with van der Waals surface area (Å²) in [5.41, 5.74) is 3.56. The van der Waals surface area contributed by atoms with Gasteiger partial charge in [-0.1, -0.05) is 41.9 Å². The van der Waals surface area contributed by atoms with Gasteiger partial charge in [0.05, 0.1) is 6.54 Å². The second-order valence-electron chi connectivity index (χ2n) is 6.78. The molecule has 152 valence electrons. The standard InChI is InChI=1S/C22H27ClN6/c1-3-24-22(26-10-9-18-7-8-21(23)27-14-18)28-15-19-5-4-6-20(13-19)16-29-12-11-25-17(29)2/h4-8,11-14H,3,9-10,15-16H2,1-2H3,(H2,24,26,28). The molecule has 0 amide bonds. The van der Waals surface area contributed by atoms with Crippen LogP contribution < -0.4 is 10.6 Å². The average molecular weight is 411 g/mol. The molecule has 0 fully saturated rings. The maximum Gasteiger partial charge on any atom is 0.191 e. The molecular formula is C22H27ClN6. The van der Waals surface area contributed by atoms with Crippen molar-refractivity contribution in [2.24, 2.45) is 4.99 Å². The number of aliphatic imine (C=N–C) groups is 1. The third-order valence-corrected chi connectivity index (χ3v) is 4.75. The van der Waals surface area contributed by atoms with E-state index in [1.165, 1.54) is 11.1 Å². The molecule has 2 N–H and O–H groups in total.